The Kier molecular flexibility index (Phi) is 10.0. The first-order chi connectivity index (χ1) is 22.9. The first-order valence-electron chi connectivity index (χ1n) is 15.3. The summed E-state index contributed by atoms with van der Waals surface area (Å²) in [5.74, 6) is -0.0259. The van der Waals surface area contributed by atoms with Gasteiger partial charge in [-0.15, -0.1) is 23.1 Å². The molecule has 0 spiro atoms. The SMILES string of the molecule is COC(=O)c1c(NC(=O)C(Sc2cccc(NC(=O)c3cccc(OC)c3)c2)c2ccccc2)sc2c1CCC(c1ccccc1)C2. The summed E-state index contributed by atoms with van der Waals surface area (Å²) in [6.45, 7) is 0. The number of thioether (sulfide) groups is 1. The third-order valence-electron chi connectivity index (χ3n) is 8.18. The molecule has 7 nitrogen and oxygen atoms in total. The largest absolute Gasteiger partial charge is 0.497 e. The lowest BCUT2D eigenvalue weighted by Crippen LogP contribution is -2.20. The van der Waals surface area contributed by atoms with E-state index in [-0.39, 0.29) is 11.8 Å². The molecule has 2 amide bonds. The van der Waals surface area contributed by atoms with Gasteiger partial charge in [-0.1, -0.05) is 72.8 Å². The highest BCUT2D eigenvalue weighted by Crippen LogP contribution is 2.44. The molecule has 5 aromatic rings. The number of rotatable bonds is 10. The summed E-state index contributed by atoms with van der Waals surface area (Å²) in [5, 5.41) is 5.93. The molecular weight excluding hydrogens is 629 g/mol. The highest BCUT2D eigenvalue weighted by atomic mass is 32.2. The Balaban J connectivity index is 1.25. The van der Waals surface area contributed by atoms with E-state index in [0.29, 0.717) is 33.5 Å². The number of fused-ring (bicyclic) bond motifs is 1. The smallest absolute Gasteiger partial charge is 0.341 e. The van der Waals surface area contributed by atoms with Gasteiger partial charge in [-0.05, 0) is 78.3 Å². The van der Waals surface area contributed by atoms with E-state index in [2.05, 4.69) is 34.9 Å². The van der Waals surface area contributed by atoms with Crippen molar-refractivity contribution < 1.29 is 23.9 Å². The fraction of sp³-hybridized carbons (Fsp3) is 0.184. The molecule has 1 aliphatic rings. The highest BCUT2D eigenvalue weighted by molar-refractivity contribution is 8.00. The van der Waals surface area contributed by atoms with Crippen molar-refractivity contribution in [2.75, 3.05) is 24.9 Å². The van der Waals surface area contributed by atoms with Crippen LogP contribution in [0.1, 0.15) is 59.9 Å². The first-order valence-corrected chi connectivity index (χ1v) is 17.0. The molecule has 2 N–H and O–H groups in total. The minimum Gasteiger partial charge on any atom is -0.497 e. The van der Waals surface area contributed by atoms with Crippen LogP contribution in [0.25, 0.3) is 0 Å². The molecule has 1 heterocycles. The third kappa shape index (κ3) is 7.42. The van der Waals surface area contributed by atoms with Crippen LogP contribution in [0.2, 0.25) is 0 Å². The third-order valence-corrected chi connectivity index (χ3v) is 10.6. The molecule has 6 rings (SSSR count). The molecule has 2 atom stereocenters. The van der Waals surface area contributed by atoms with Gasteiger partial charge in [0, 0.05) is 21.0 Å². The van der Waals surface area contributed by atoms with E-state index < -0.39 is 11.2 Å². The van der Waals surface area contributed by atoms with Crippen LogP contribution in [0.5, 0.6) is 5.75 Å². The van der Waals surface area contributed by atoms with Gasteiger partial charge in [0.05, 0.1) is 19.8 Å². The van der Waals surface area contributed by atoms with Crippen molar-refractivity contribution in [2.24, 2.45) is 0 Å². The molecule has 9 heteroatoms. The first kappa shape index (κ1) is 32.1. The van der Waals surface area contributed by atoms with Crippen LogP contribution in [0, 0.1) is 0 Å². The van der Waals surface area contributed by atoms with Crippen LogP contribution in [0.15, 0.2) is 114 Å². The van der Waals surface area contributed by atoms with Crippen LogP contribution in [0.3, 0.4) is 0 Å². The lowest BCUT2D eigenvalue weighted by atomic mass is 9.83. The molecule has 1 aromatic heterocycles. The number of hydrogen-bond donors (Lipinski definition) is 2. The zero-order valence-electron chi connectivity index (χ0n) is 26.0. The van der Waals surface area contributed by atoms with Crippen molar-refractivity contribution in [1.29, 1.82) is 0 Å². The molecule has 0 fully saturated rings. The minimum absolute atomic E-state index is 0.254. The lowest BCUT2D eigenvalue weighted by molar-refractivity contribution is -0.115. The molecule has 0 aliphatic heterocycles. The van der Waals surface area contributed by atoms with Crippen molar-refractivity contribution in [1.82, 2.24) is 0 Å². The van der Waals surface area contributed by atoms with Crippen LogP contribution < -0.4 is 15.4 Å². The van der Waals surface area contributed by atoms with E-state index >= 15 is 0 Å². The molecule has 0 saturated heterocycles. The molecule has 2 unspecified atom stereocenters. The summed E-state index contributed by atoms with van der Waals surface area (Å²) >= 11 is 2.83. The van der Waals surface area contributed by atoms with Gasteiger partial charge in [-0.2, -0.15) is 0 Å². The number of ether oxygens (including phenoxy) is 2. The number of thiophene rings is 1. The second-order valence-electron chi connectivity index (χ2n) is 11.2. The minimum atomic E-state index is -0.637. The van der Waals surface area contributed by atoms with Crippen molar-refractivity contribution >= 4 is 51.6 Å². The van der Waals surface area contributed by atoms with Gasteiger partial charge < -0.3 is 20.1 Å². The van der Waals surface area contributed by atoms with Gasteiger partial charge >= 0.3 is 5.97 Å². The van der Waals surface area contributed by atoms with E-state index in [1.54, 1.807) is 37.4 Å². The maximum Gasteiger partial charge on any atom is 0.341 e. The Labute approximate surface area is 282 Å². The molecule has 0 saturated carbocycles. The number of benzene rings is 4. The van der Waals surface area contributed by atoms with Crippen LogP contribution in [-0.2, 0) is 22.4 Å². The standard InChI is InChI=1S/C38H34N2O5S2/c1-44-29-17-9-15-27(21-29)35(41)39-28-16-10-18-30(23-28)46-34(25-13-7-4-8-14-25)36(42)40-37-33(38(43)45-2)31-20-19-26(22-32(31)47-37)24-11-5-3-6-12-24/h3-18,21,23,26,34H,19-20,22H2,1-2H3,(H,39,41)(H,40,42). The highest BCUT2D eigenvalue weighted by Gasteiger charge is 2.32. The normalized spacial score (nSPS) is 14.4. The van der Waals surface area contributed by atoms with Gasteiger partial charge in [0.25, 0.3) is 5.91 Å². The van der Waals surface area contributed by atoms with E-state index in [1.807, 2.05) is 54.6 Å². The Hall–Kier alpha value is -4.86. The number of hydrogen-bond acceptors (Lipinski definition) is 7. The summed E-state index contributed by atoms with van der Waals surface area (Å²) in [7, 11) is 2.93. The summed E-state index contributed by atoms with van der Waals surface area (Å²) in [4.78, 5) is 42.1. The van der Waals surface area contributed by atoms with E-state index in [1.165, 1.54) is 35.8 Å². The second kappa shape index (κ2) is 14.7. The van der Waals surface area contributed by atoms with Crippen molar-refractivity contribution in [3.8, 4) is 5.75 Å². The summed E-state index contributed by atoms with van der Waals surface area (Å²) < 4.78 is 10.4. The molecule has 4 aromatic carbocycles. The quantitative estimate of drug-likeness (QED) is 0.115. The summed E-state index contributed by atoms with van der Waals surface area (Å²) in [6, 6.07) is 34.3. The number of carbonyl (C=O) groups excluding carboxylic acids is 3. The maximum atomic E-state index is 14.1. The average Bonchev–Trinajstić information content (AvgIpc) is 3.48. The molecule has 238 valence electrons. The number of carbonyl (C=O) groups is 3. The predicted molar refractivity (Wildman–Crippen MR) is 188 cm³/mol. The number of methoxy groups -OCH3 is 2. The zero-order chi connectivity index (χ0) is 32.8. The Morgan fingerprint density at radius 1 is 0.851 bits per heavy atom. The fourth-order valence-electron chi connectivity index (χ4n) is 5.83. The number of amides is 2. The Morgan fingerprint density at radius 2 is 1.60 bits per heavy atom. The van der Waals surface area contributed by atoms with E-state index in [4.69, 9.17) is 9.47 Å². The maximum absolute atomic E-state index is 14.1. The lowest BCUT2D eigenvalue weighted by Gasteiger charge is -2.22. The van der Waals surface area contributed by atoms with Gasteiger partial charge in [0.2, 0.25) is 5.91 Å². The number of esters is 1. The van der Waals surface area contributed by atoms with Gasteiger partial charge in [0.15, 0.2) is 0 Å². The Bertz CT molecular complexity index is 1890. The summed E-state index contributed by atoms with van der Waals surface area (Å²) in [6.07, 6.45) is 2.45. The van der Waals surface area contributed by atoms with Crippen molar-refractivity contribution in [2.45, 2.75) is 35.3 Å². The molecular formula is C38H34N2O5S2. The predicted octanol–water partition coefficient (Wildman–Crippen LogP) is 8.54. The molecule has 47 heavy (non-hydrogen) atoms. The number of nitrogens with one attached hydrogen (secondary N) is 2. The van der Waals surface area contributed by atoms with Crippen molar-refractivity contribution in [3.63, 3.8) is 0 Å². The van der Waals surface area contributed by atoms with Gasteiger partial charge in [-0.25, -0.2) is 4.79 Å². The molecule has 0 radical (unpaired) electrons. The van der Waals surface area contributed by atoms with Crippen LogP contribution in [0.4, 0.5) is 10.7 Å². The van der Waals surface area contributed by atoms with Gasteiger partial charge in [-0.3, -0.25) is 9.59 Å². The zero-order valence-corrected chi connectivity index (χ0v) is 27.7. The van der Waals surface area contributed by atoms with Crippen LogP contribution in [-0.4, -0.2) is 32.0 Å². The number of anilines is 2. The van der Waals surface area contributed by atoms with Crippen LogP contribution >= 0.6 is 23.1 Å². The van der Waals surface area contributed by atoms with Gasteiger partial charge in [0.1, 0.15) is 16.0 Å². The van der Waals surface area contributed by atoms with E-state index in [0.717, 1.165) is 40.2 Å². The summed E-state index contributed by atoms with van der Waals surface area (Å²) in [5.41, 5.74) is 4.57. The average molecular weight is 663 g/mol. The van der Waals surface area contributed by atoms with E-state index in [9.17, 15) is 14.4 Å². The molecule has 1 aliphatic carbocycles. The Morgan fingerprint density at radius 3 is 2.34 bits per heavy atom. The van der Waals surface area contributed by atoms with Crippen molar-refractivity contribution in [3.05, 3.63) is 142 Å². The monoisotopic (exact) mass is 662 g/mol. The topological polar surface area (TPSA) is 93.7 Å². The second-order valence-corrected chi connectivity index (χ2v) is 13.4. The molecule has 0 bridgehead atoms. The fourth-order valence-corrected chi connectivity index (χ4v) is 8.23.